The molecule has 0 saturated carbocycles. The van der Waals surface area contributed by atoms with Gasteiger partial charge in [-0.25, -0.2) is 4.79 Å². The summed E-state index contributed by atoms with van der Waals surface area (Å²) in [5.74, 6) is -1.45. The molecule has 1 unspecified atom stereocenters. The Hall–Kier alpha value is -3.20. The highest BCUT2D eigenvalue weighted by Gasteiger charge is 2.54. The van der Waals surface area contributed by atoms with E-state index in [2.05, 4.69) is 16.2 Å². The first kappa shape index (κ1) is 22.6. The number of amides is 5. The van der Waals surface area contributed by atoms with Crippen LogP contribution >= 0.6 is 11.3 Å². The third kappa shape index (κ3) is 4.09. The molecule has 5 rings (SSSR count). The average molecular weight is 481 g/mol. The highest BCUT2D eigenvalue weighted by Crippen LogP contribution is 2.39. The minimum Gasteiger partial charge on any atom is -0.319 e. The van der Waals surface area contributed by atoms with Crippen molar-refractivity contribution < 1.29 is 19.2 Å². The maximum Gasteiger partial charge on any atom is 0.325 e. The van der Waals surface area contributed by atoms with Crippen LogP contribution in [-0.4, -0.2) is 35.2 Å². The summed E-state index contributed by atoms with van der Waals surface area (Å²) in [6.07, 6.45) is 8.74. The van der Waals surface area contributed by atoms with E-state index < -0.39 is 29.9 Å². The highest BCUT2D eigenvalue weighted by atomic mass is 32.1. The lowest BCUT2D eigenvalue weighted by molar-refractivity contribution is -0.135. The molecule has 9 heteroatoms. The summed E-state index contributed by atoms with van der Waals surface area (Å²) < 4.78 is 0. The molecule has 1 aromatic heterocycles. The van der Waals surface area contributed by atoms with E-state index in [-0.39, 0.29) is 5.91 Å². The van der Waals surface area contributed by atoms with Gasteiger partial charge in [0.25, 0.3) is 17.7 Å². The van der Waals surface area contributed by atoms with Crippen molar-refractivity contribution in [3.8, 4) is 0 Å². The van der Waals surface area contributed by atoms with E-state index in [1.165, 1.54) is 34.6 Å². The number of hydrogen-bond donors (Lipinski definition) is 3. The number of hydrazine groups is 1. The molecule has 1 saturated heterocycles. The Balaban J connectivity index is 1.22. The van der Waals surface area contributed by atoms with Gasteiger partial charge in [0.15, 0.2) is 0 Å². The van der Waals surface area contributed by atoms with Gasteiger partial charge in [-0.1, -0.05) is 37.1 Å². The molecule has 1 aliphatic heterocycles. The smallest absolute Gasteiger partial charge is 0.319 e. The third-order valence-corrected chi connectivity index (χ3v) is 8.22. The second-order valence-electron chi connectivity index (χ2n) is 9.21. The quantitative estimate of drug-likeness (QED) is 0.464. The number of nitrogens with one attached hydrogen (secondary N) is 3. The van der Waals surface area contributed by atoms with E-state index in [0.717, 1.165) is 54.6 Å². The summed E-state index contributed by atoms with van der Waals surface area (Å²) >= 11 is 1.47. The first-order valence-corrected chi connectivity index (χ1v) is 12.7. The number of imide groups is 1. The van der Waals surface area contributed by atoms with Gasteiger partial charge in [0, 0.05) is 4.88 Å². The molecular formula is C25H28N4O4S. The fraction of sp³-hybridized carbons (Fsp3) is 0.440. The van der Waals surface area contributed by atoms with Crippen LogP contribution in [0.1, 0.15) is 69.8 Å². The second kappa shape index (κ2) is 9.21. The number of thiophene rings is 1. The predicted octanol–water partition coefficient (Wildman–Crippen LogP) is 2.95. The van der Waals surface area contributed by atoms with Crippen LogP contribution in [-0.2, 0) is 34.4 Å². The van der Waals surface area contributed by atoms with Crippen molar-refractivity contribution in [1.82, 2.24) is 21.1 Å². The first-order valence-electron chi connectivity index (χ1n) is 11.9. The van der Waals surface area contributed by atoms with Gasteiger partial charge in [-0.3, -0.25) is 30.1 Å². The number of carbonyl (C=O) groups excluding carboxylic acids is 4. The van der Waals surface area contributed by atoms with Crippen molar-refractivity contribution in [3.05, 3.63) is 56.8 Å². The number of carbonyl (C=O) groups is 4. The average Bonchev–Trinajstić information content (AvgIpc) is 3.31. The summed E-state index contributed by atoms with van der Waals surface area (Å²) in [4.78, 5) is 53.8. The van der Waals surface area contributed by atoms with Gasteiger partial charge in [0.2, 0.25) is 0 Å². The lowest BCUT2D eigenvalue weighted by Gasteiger charge is -2.33. The number of rotatable bonds is 3. The Bertz CT molecular complexity index is 1130. The van der Waals surface area contributed by atoms with Gasteiger partial charge in [0.05, 0.1) is 4.88 Å². The lowest BCUT2D eigenvalue weighted by Crippen LogP contribution is -2.49. The Labute approximate surface area is 202 Å². The Morgan fingerprint density at radius 1 is 0.971 bits per heavy atom. The largest absolute Gasteiger partial charge is 0.325 e. The number of urea groups is 1. The standard InChI is InChI=1S/C25H28N4O4S/c30-21(27-28-22(31)20-14-17-9-3-1-2-4-12-19(17)34-20)15-29-23(32)25(26-24(29)33)13-7-10-16-8-5-6-11-18(16)25/h5-6,8,11,14H,1-4,7,9-10,12-13,15H2,(H,26,33)(H,27,30)(H,28,31). The number of nitrogens with zero attached hydrogens (tertiary/aromatic N) is 1. The van der Waals surface area contributed by atoms with Gasteiger partial charge in [0.1, 0.15) is 12.1 Å². The molecule has 1 spiro atoms. The van der Waals surface area contributed by atoms with Crippen molar-refractivity contribution in [2.24, 2.45) is 0 Å². The molecular weight excluding hydrogens is 452 g/mol. The summed E-state index contributed by atoms with van der Waals surface area (Å²) in [6, 6.07) is 8.91. The first-order chi connectivity index (χ1) is 16.5. The van der Waals surface area contributed by atoms with Crippen LogP contribution in [0.25, 0.3) is 0 Å². The number of fused-ring (bicyclic) bond motifs is 3. The van der Waals surface area contributed by atoms with E-state index in [9.17, 15) is 19.2 Å². The fourth-order valence-corrected chi connectivity index (χ4v) is 6.43. The second-order valence-corrected chi connectivity index (χ2v) is 10.3. The summed E-state index contributed by atoms with van der Waals surface area (Å²) in [6.45, 7) is -0.462. The van der Waals surface area contributed by atoms with E-state index >= 15 is 0 Å². The van der Waals surface area contributed by atoms with E-state index in [0.29, 0.717) is 11.3 Å². The van der Waals surface area contributed by atoms with E-state index in [1.54, 1.807) is 0 Å². The van der Waals surface area contributed by atoms with Crippen LogP contribution in [0.5, 0.6) is 0 Å². The Morgan fingerprint density at radius 2 is 1.74 bits per heavy atom. The summed E-state index contributed by atoms with van der Waals surface area (Å²) in [5, 5.41) is 2.83. The minimum atomic E-state index is -1.12. The third-order valence-electron chi connectivity index (χ3n) is 6.99. The van der Waals surface area contributed by atoms with Crippen molar-refractivity contribution in [2.45, 2.75) is 63.3 Å². The monoisotopic (exact) mass is 480 g/mol. The Kier molecular flexibility index (Phi) is 6.12. The van der Waals surface area contributed by atoms with Crippen LogP contribution in [0.4, 0.5) is 4.79 Å². The van der Waals surface area contributed by atoms with Gasteiger partial charge >= 0.3 is 6.03 Å². The van der Waals surface area contributed by atoms with Crippen LogP contribution < -0.4 is 16.2 Å². The van der Waals surface area contributed by atoms with E-state index in [4.69, 9.17) is 0 Å². The molecule has 0 radical (unpaired) electrons. The molecule has 178 valence electrons. The van der Waals surface area contributed by atoms with E-state index in [1.807, 2.05) is 30.3 Å². The fourth-order valence-electron chi connectivity index (χ4n) is 5.28. The van der Waals surface area contributed by atoms with Gasteiger partial charge in [-0.05, 0) is 67.7 Å². The summed E-state index contributed by atoms with van der Waals surface area (Å²) in [7, 11) is 0. The van der Waals surface area contributed by atoms with Crippen LogP contribution in [0.15, 0.2) is 30.3 Å². The van der Waals surface area contributed by atoms with Gasteiger partial charge in [-0.15, -0.1) is 11.3 Å². The zero-order chi connectivity index (χ0) is 23.7. The van der Waals surface area contributed by atoms with Crippen molar-refractivity contribution >= 4 is 35.1 Å². The number of hydrogen-bond acceptors (Lipinski definition) is 5. The molecule has 1 atom stereocenters. The minimum absolute atomic E-state index is 0.389. The molecule has 2 heterocycles. The zero-order valence-corrected chi connectivity index (χ0v) is 19.8. The summed E-state index contributed by atoms with van der Waals surface area (Å²) in [5.41, 5.74) is 6.72. The maximum atomic E-state index is 13.3. The molecule has 2 aromatic rings. The SMILES string of the molecule is O=C(CN1C(=O)NC2(CCCc3ccccc32)C1=O)NNC(=O)c1cc2c(s1)CCCCCC2. The lowest BCUT2D eigenvalue weighted by atomic mass is 9.76. The molecule has 2 aliphatic carbocycles. The van der Waals surface area contributed by atoms with Crippen molar-refractivity contribution in [3.63, 3.8) is 0 Å². The molecule has 0 bridgehead atoms. The molecule has 3 aliphatic rings. The molecule has 8 nitrogen and oxygen atoms in total. The zero-order valence-electron chi connectivity index (χ0n) is 18.9. The van der Waals surface area contributed by atoms with Crippen molar-refractivity contribution in [1.29, 1.82) is 0 Å². The van der Waals surface area contributed by atoms with Gasteiger partial charge in [-0.2, -0.15) is 0 Å². The van der Waals surface area contributed by atoms with Crippen LogP contribution in [0, 0.1) is 0 Å². The molecule has 34 heavy (non-hydrogen) atoms. The van der Waals surface area contributed by atoms with Crippen LogP contribution in [0.3, 0.4) is 0 Å². The number of aryl methyl sites for hydroxylation is 3. The normalized spacial score (nSPS) is 21.8. The predicted molar refractivity (Wildman–Crippen MR) is 127 cm³/mol. The molecule has 3 N–H and O–H groups in total. The van der Waals surface area contributed by atoms with Crippen molar-refractivity contribution in [2.75, 3.05) is 6.54 Å². The molecule has 5 amide bonds. The topological polar surface area (TPSA) is 108 Å². The van der Waals surface area contributed by atoms with Crippen LogP contribution in [0.2, 0.25) is 0 Å². The number of benzene rings is 1. The maximum absolute atomic E-state index is 13.3. The molecule has 1 aromatic carbocycles. The Morgan fingerprint density at radius 3 is 2.59 bits per heavy atom. The highest BCUT2D eigenvalue weighted by molar-refractivity contribution is 7.14. The molecule has 1 fully saturated rings. The van der Waals surface area contributed by atoms with Gasteiger partial charge < -0.3 is 5.32 Å².